The Hall–Kier alpha value is -3.55. The molecule has 150 valence electrons. The van der Waals surface area contributed by atoms with E-state index in [1.165, 1.54) is 6.20 Å². The first-order chi connectivity index (χ1) is 14.0. The van der Waals surface area contributed by atoms with Gasteiger partial charge in [-0.15, -0.1) is 0 Å². The second-order valence-corrected chi connectivity index (χ2v) is 7.23. The second kappa shape index (κ2) is 7.46. The molecule has 0 radical (unpaired) electrons. The van der Waals surface area contributed by atoms with E-state index < -0.39 is 0 Å². The van der Waals surface area contributed by atoms with Crippen LogP contribution in [-0.4, -0.2) is 62.1 Å². The fraction of sp³-hybridized carbons (Fsp3) is 0.286. The predicted octanol–water partition coefficient (Wildman–Crippen LogP) is 1.70. The molecule has 8 heteroatoms. The smallest absolute Gasteiger partial charge is 0.270 e. The molecule has 8 nitrogen and oxygen atoms in total. The number of carbonyl (C=O) groups excluding carboxylic acids is 2. The molecule has 0 spiro atoms. The number of para-hydroxylation sites is 1. The standard InChI is InChI=1S/C21H24N6O2/c1-15-6-3-4-7-17(15)27-19(22)16(14-23-27)20(28)25-10-12-26(13-11-25)21(29)18-8-5-9-24(18)2/h3-9,14H,10-13,22H2,1-2H3. The van der Waals surface area contributed by atoms with Crippen LogP contribution in [0.4, 0.5) is 5.82 Å². The van der Waals surface area contributed by atoms with Gasteiger partial charge < -0.3 is 20.1 Å². The molecule has 1 saturated heterocycles. The highest BCUT2D eigenvalue weighted by atomic mass is 16.2. The van der Waals surface area contributed by atoms with Crippen LogP contribution in [0.25, 0.3) is 5.69 Å². The van der Waals surface area contributed by atoms with Gasteiger partial charge in [-0.3, -0.25) is 9.59 Å². The molecule has 4 rings (SSSR count). The van der Waals surface area contributed by atoms with Crippen LogP contribution in [0.1, 0.15) is 26.4 Å². The molecular formula is C21H24N6O2. The van der Waals surface area contributed by atoms with Gasteiger partial charge in [-0.05, 0) is 30.7 Å². The molecule has 1 aromatic carbocycles. The van der Waals surface area contributed by atoms with Crippen LogP contribution in [0, 0.1) is 6.92 Å². The highest BCUT2D eigenvalue weighted by Gasteiger charge is 2.28. The maximum Gasteiger partial charge on any atom is 0.270 e. The minimum Gasteiger partial charge on any atom is -0.383 e. The van der Waals surface area contributed by atoms with Gasteiger partial charge in [-0.25, -0.2) is 4.68 Å². The van der Waals surface area contributed by atoms with Gasteiger partial charge in [0, 0.05) is 39.4 Å². The van der Waals surface area contributed by atoms with E-state index >= 15 is 0 Å². The largest absolute Gasteiger partial charge is 0.383 e. The molecular weight excluding hydrogens is 368 g/mol. The zero-order valence-corrected chi connectivity index (χ0v) is 16.6. The first-order valence-corrected chi connectivity index (χ1v) is 9.56. The van der Waals surface area contributed by atoms with Crippen molar-refractivity contribution >= 4 is 17.6 Å². The molecule has 3 heterocycles. The molecule has 3 aromatic rings. The minimum absolute atomic E-state index is 0.0171. The normalized spacial score (nSPS) is 14.3. The van der Waals surface area contributed by atoms with Crippen molar-refractivity contribution in [1.29, 1.82) is 0 Å². The molecule has 29 heavy (non-hydrogen) atoms. The molecule has 0 bridgehead atoms. The number of nitrogens with zero attached hydrogens (tertiary/aromatic N) is 5. The molecule has 0 atom stereocenters. The summed E-state index contributed by atoms with van der Waals surface area (Å²) in [6, 6.07) is 11.4. The molecule has 0 aliphatic carbocycles. The fourth-order valence-electron chi connectivity index (χ4n) is 3.64. The Morgan fingerprint density at radius 2 is 1.62 bits per heavy atom. The number of anilines is 1. The van der Waals surface area contributed by atoms with Gasteiger partial charge in [0.1, 0.15) is 17.1 Å². The van der Waals surface area contributed by atoms with Crippen molar-refractivity contribution in [1.82, 2.24) is 24.1 Å². The lowest BCUT2D eigenvalue weighted by molar-refractivity contribution is 0.0530. The molecule has 0 saturated carbocycles. The van der Waals surface area contributed by atoms with Gasteiger partial charge in [-0.1, -0.05) is 18.2 Å². The topological polar surface area (TPSA) is 89.4 Å². The fourth-order valence-corrected chi connectivity index (χ4v) is 3.64. The van der Waals surface area contributed by atoms with Crippen LogP contribution in [0.5, 0.6) is 0 Å². The maximum absolute atomic E-state index is 13.0. The summed E-state index contributed by atoms with van der Waals surface area (Å²) in [6.45, 7) is 3.87. The van der Waals surface area contributed by atoms with Crippen molar-refractivity contribution in [2.75, 3.05) is 31.9 Å². The average Bonchev–Trinajstić information content (AvgIpc) is 3.33. The summed E-state index contributed by atoms with van der Waals surface area (Å²) in [6.07, 6.45) is 3.37. The van der Waals surface area contributed by atoms with E-state index in [9.17, 15) is 9.59 Å². The van der Waals surface area contributed by atoms with Crippen LogP contribution in [-0.2, 0) is 7.05 Å². The molecule has 2 N–H and O–H groups in total. The average molecular weight is 392 g/mol. The Balaban J connectivity index is 1.46. The highest BCUT2D eigenvalue weighted by molar-refractivity contribution is 5.99. The summed E-state index contributed by atoms with van der Waals surface area (Å²) in [7, 11) is 1.85. The molecule has 1 fully saturated rings. The van der Waals surface area contributed by atoms with Gasteiger partial charge in [0.15, 0.2) is 0 Å². The Morgan fingerprint density at radius 1 is 0.966 bits per heavy atom. The van der Waals surface area contributed by atoms with Gasteiger partial charge in [0.05, 0.1) is 11.9 Å². The summed E-state index contributed by atoms with van der Waals surface area (Å²) in [5.74, 6) is 0.149. The van der Waals surface area contributed by atoms with Crippen molar-refractivity contribution in [2.24, 2.45) is 7.05 Å². The summed E-state index contributed by atoms with van der Waals surface area (Å²) < 4.78 is 3.40. The lowest BCUT2D eigenvalue weighted by Crippen LogP contribution is -2.50. The van der Waals surface area contributed by atoms with Crippen LogP contribution < -0.4 is 5.73 Å². The summed E-state index contributed by atoms with van der Waals surface area (Å²) in [5, 5.41) is 4.33. The number of hydrogen-bond acceptors (Lipinski definition) is 4. The van der Waals surface area contributed by atoms with E-state index in [1.807, 2.05) is 50.5 Å². The number of nitrogens with two attached hydrogens (primary N) is 1. The van der Waals surface area contributed by atoms with E-state index in [1.54, 1.807) is 25.1 Å². The van der Waals surface area contributed by atoms with Crippen molar-refractivity contribution in [3.63, 3.8) is 0 Å². The zero-order valence-electron chi connectivity index (χ0n) is 16.6. The maximum atomic E-state index is 13.0. The van der Waals surface area contributed by atoms with Crippen LogP contribution >= 0.6 is 0 Å². The Labute approximate surface area is 169 Å². The number of benzene rings is 1. The van der Waals surface area contributed by atoms with E-state index in [-0.39, 0.29) is 11.8 Å². The third-order valence-electron chi connectivity index (χ3n) is 5.40. The van der Waals surface area contributed by atoms with Crippen LogP contribution in [0.2, 0.25) is 0 Å². The number of aryl methyl sites for hydroxylation is 2. The number of hydrogen-bond donors (Lipinski definition) is 1. The SMILES string of the molecule is Cc1ccccc1-n1ncc(C(=O)N2CCN(C(=O)c3cccn3C)CC2)c1N. The first-order valence-electron chi connectivity index (χ1n) is 9.56. The molecule has 1 aliphatic heterocycles. The lowest BCUT2D eigenvalue weighted by Gasteiger charge is -2.34. The van der Waals surface area contributed by atoms with Gasteiger partial charge in [0.25, 0.3) is 11.8 Å². The third-order valence-corrected chi connectivity index (χ3v) is 5.40. The summed E-state index contributed by atoms with van der Waals surface area (Å²) in [5.41, 5.74) is 9.16. The number of piperazine rings is 1. The van der Waals surface area contributed by atoms with Gasteiger partial charge in [0.2, 0.25) is 0 Å². The van der Waals surface area contributed by atoms with Crippen molar-refractivity contribution in [2.45, 2.75) is 6.92 Å². The van der Waals surface area contributed by atoms with E-state index in [0.29, 0.717) is 43.3 Å². The van der Waals surface area contributed by atoms with E-state index in [4.69, 9.17) is 5.73 Å². The van der Waals surface area contributed by atoms with E-state index in [2.05, 4.69) is 5.10 Å². The monoisotopic (exact) mass is 392 g/mol. The number of aromatic nitrogens is 3. The number of nitrogen functional groups attached to an aromatic ring is 1. The van der Waals surface area contributed by atoms with Crippen molar-refractivity contribution in [3.05, 3.63) is 65.6 Å². The first kappa shape index (κ1) is 18.8. The Kier molecular flexibility index (Phi) is 4.84. The molecule has 1 aliphatic rings. The quantitative estimate of drug-likeness (QED) is 0.735. The zero-order chi connectivity index (χ0) is 20.5. The van der Waals surface area contributed by atoms with E-state index in [0.717, 1.165) is 11.3 Å². The lowest BCUT2D eigenvalue weighted by atomic mass is 10.2. The van der Waals surface area contributed by atoms with Crippen molar-refractivity contribution < 1.29 is 9.59 Å². The predicted molar refractivity (Wildman–Crippen MR) is 110 cm³/mol. The van der Waals surface area contributed by atoms with Crippen molar-refractivity contribution in [3.8, 4) is 5.69 Å². The van der Waals surface area contributed by atoms with Crippen LogP contribution in [0.15, 0.2) is 48.8 Å². The van der Waals surface area contributed by atoms with Crippen LogP contribution in [0.3, 0.4) is 0 Å². The van der Waals surface area contributed by atoms with Gasteiger partial charge in [-0.2, -0.15) is 5.10 Å². The number of amides is 2. The Morgan fingerprint density at radius 3 is 2.24 bits per heavy atom. The van der Waals surface area contributed by atoms with Gasteiger partial charge >= 0.3 is 0 Å². The summed E-state index contributed by atoms with van der Waals surface area (Å²) >= 11 is 0. The molecule has 2 amide bonds. The number of carbonyl (C=O) groups is 2. The second-order valence-electron chi connectivity index (χ2n) is 7.23. The molecule has 0 unspecified atom stereocenters. The summed E-state index contributed by atoms with van der Waals surface area (Å²) in [4.78, 5) is 29.1. The highest BCUT2D eigenvalue weighted by Crippen LogP contribution is 2.22. The number of rotatable bonds is 3. The minimum atomic E-state index is -0.159. The Bertz CT molecular complexity index is 1060. The third kappa shape index (κ3) is 3.37. The molecule has 2 aromatic heterocycles.